The molecule has 0 N–H and O–H groups in total. The Morgan fingerprint density at radius 2 is 1.91 bits per heavy atom. The average Bonchev–Trinajstić information content (AvgIpc) is 2.97. The zero-order chi connectivity index (χ0) is 15.2. The number of allylic oxidation sites excluding steroid dienone is 2. The Morgan fingerprint density at radius 1 is 1.14 bits per heavy atom. The summed E-state index contributed by atoms with van der Waals surface area (Å²) in [5.41, 5.74) is 5.19. The smallest absolute Gasteiger partial charge is 0.106 e. The van der Waals surface area contributed by atoms with Crippen molar-refractivity contribution in [2.24, 2.45) is 5.16 Å². The van der Waals surface area contributed by atoms with Gasteiger partial charge >= 0.3 is 0 Å². The normalized spacial score (nSPS) is 21.1. The SMILES string of the molecule is CO/N=C/C1=C(N2CCOCC2)C(=C/c2ccccc2)/CC1. The van der Waals surface area contributed by atoms with Crippen LogP contribution < -0.4 is 0 Å². The third-order valence-corrected chi connectivity index (χ3v) is 4.05. The van der Waals surface area contributed by atoms with Crippen molar-refractivity contribution in [3.8, 4) is 0 Å². The second-order valence-electron chi connectivity index (χ2n) is 5.47. The number of benzene rings is 1. The van der Waals surface area contributed by atoms with Gasteiger partial charge < -0.3 is 14.5 Å². The summed E-state index contributed by atoms with van der Waals surface area (Å²) >= 11 is 0. The molecule has 4 nitrogen and oxygen atoms in total. The Bertz CT molecular complexity index is 584. The zero-order valence-electron chi connectivity index (χ0n) is 13.0. The fourth-order valence-corrected chi connectivity index (χ4v) is 3.04. The quantitative estimate of drug-likeness (QED) is 0.633. The highest BCUT2D eigenvalue weighted by molar-refractivity contribution is 5.83. The highest BCUT2D eigenvalue weighted by atomic mass is 16.6. The number of ether oxygens (including phenoxy) is 1. The molecule has 0 atom stereocenters. The van der Waals surface area contributed by atoms with Crippen LogP contribution in [-0.4, -0.2) is 44.5 Å². The van der Waals surface area contributed by atoms with Gasteiger partial charge in [-0.1, -0.05) is 35.5 Å². The van der Waals surface area contributed by atoms with Gasteiger partial charge in [-0.25, -0.2) is 0 Å². The van der Waals surface area contributed by atoms with E-state index in [-0.39, 0.29) is 0 Å². The van der Waals surface area contributed by atoms with Gasteiger partial charge in [0.1, 0.15) is 7.11 Å². The molecule has 1 saturated heterocycles. The van der Waals surface area contributed by atoms with Gasteiger partial charge in [0.15, 0.2) is 0 Å². The molecule has 1 aromatic carbocycles. The number of hydrogen-bond donors (Lipinski definition) is 0. The van der Waals surface area contributed by atoms with Gasteiger partial charge in [-0.3, -0.25) is 0 Å². The van der Waals surface area contributed by atoms with E-state index in [1.54, 1.807) is 7.11 Å². The van der Waals surface area contributed by atoms with E-state index >= 15 is 0 Å². The first-order valence-electron chi connectivity index (χ1n) is 7.77. The Hall–Kier alpha value is -2.07. The minimum absolute atomic E-state index is 0.789. The summed E-state index contributed by atoms with van der Waals surface area (Å²) in [7, 11) is 1.58. The molecule has 0 amide bonds. The molecule has 3 rings (SSSR count). The van der Waals surface area contributed by atoms with E-state index in [4.69, 9.17) is 9.57 Å². The zero-order valence-corrected chi connectivity index (χ0v) is 13.0. The predicted molar refractivity (Wildman–Crippen MR) is 88.6 cm³/mol. The molecule has 1 aromatic rings. The maximum atomic E-state index is 5.49. The fraction of sp³-hybridized carbons (Fsp3) is 0.389. The molecule has 116 valence electrons. The van der Waals surface area contributed by atoms with Gasteiger partial charge in [0.05, 0.1) is 19.4 Å². The van der Waals surface area contributed by atoms with Gasteiger partial charge in [0, 0.05) is 18.8 Å². The molecule has 1 fully saturated rings. The minimum atomic E-state index is 0.789. The van der Waals surface area contributed by atoms with Crippen molar-refractivity contribution in [1.82, 2.24) is 4.90 Å². The molecule has 1 aliphatic carbocycles. The average molecular weight is 298 g/mol. The molecule has 4 heteroatoms. The molecule has 1 aliphatic heterocycles. The molecule has 0 unspecified atom stereocenters. The Labute approximate surface area is 131 Å². The number of nitrogens with zero attached hydrogens (tertiary/aromatic N) is 2. The van der Waals surface area contributed by atoms with Crippen LogP contribution >= 0.6 is 0 Å². The van der Waals surface area contributed by atoms with Crippen molar-refractivity contribution in [1.29, 1.82) is 0 Å². The standard InChI is InChI=1S/C18H22N2O2/c1-21-19-14-17-8-7-16(13-15-5-3-2-4-6-15)18(17)20-9-11-22-12-10-20/h2-6,13-14H,7-12H2,1H3/b16-13+,19-14+. The van der Waals surface area contributed by atoms with E-state index in [0.29, 0.717) is 0 Å². The molecule has 1 heterocycles. The molecular weight excluding hydrogens is 276 g/mol. The maximum absolute atomic E-state index is 5.49. The van der Waals surface area contributed by atoms with Crippen molar-refractivity contribution in [2.75, 3.05) is 33.4 Å². The lowest BCUT2D eigenvalue weighted by atomic mass is 10.1. The monoisotopic (exact) mass is 298 g/mol. The van der Waals surface area contributed by atoms with Crippen LogP contribution in [0.3, 0.4) is 0 Å². The summed E-state index contributed by atoms with van der Waals surface area (Å²) < 4.78 is 5.49. The second kappa shape index (κ2) is 7.27. The summed E-state index contributed by atoms with van der Waals surface area (Å²) in [5, 5.41) is 3.97. The number of oxime groups is 1. The minimum Gasteiger partial charge on any atom is -0.399 e. The highest BCUT2D eigenvalue weighted by Crippen LogP contribution is 2.34. The number of hydrogen-bond acceptors (Lipinski definition) is 4. The van der Waals surface area contributed by atoms with E-state index in [0.717, 1.165) is 39.1 Å². The van der Waals surface area contributed by atoms with Crippen LogP contribution in [0.2, 0.25) is 0 Å². The van der Waals surface area contributed by atoms with Crippen LogP contribution in [0.4, 0.5) is 0 Å². The number of morpholine rings is 1. The molecule has 0 spiro atoms. The Balaban J connectivity index is 1.93. The van der Waals surface area contributed by atoms with Crippen LogP contribution in [-0.2, 0) is 9.57 Å². The molecule has 0 aromatic heterocycles. The van der Waals surface area contributed by atoms with E-state index in [9.17, 15) is 0 Å². The fourth-order valence-electron chi connectivity index (χ4n) is 3.04. The van der Waals surface area contributed by atoms with Crippen LogP contribution in [0.1, 0.15) is 18.4 Å². The summed E-state index contributed by atoms with van der Waals surface area (Å²) in [6, 6.07) is 10.5. The van der Waals surface area contributed by atoms with Crippen molar-refractivity contribution in [3.05, 3.63) is 52.7 Å². The first-order chi connectivity index (χ1) is 10.9. The van der Waals surface area contributed by atoms with E-state index < -0.39 is 0 Å². The molecule has 0 bridgehead atoms. The second-order valence-corrected chi connectivity index (χ2v) is 5.47. The molecule has 0 radical (unpaired) electrons. The third-order valence-electron chi connectivity index (χ3n) is 4.05. The van der Waals surface area contributed by atoms with Crippen LogP contribution in [0.5, 0.6) is 0 Å². The van der Waals surface area contributed by atoms with Crippen LogP contribution in [0.15, 0.2) is 52.3 Å². The molecular formula is C18H22N2O2. The summed E-state index contributed by atoms with van der Waals surface area (Å²) in [6.45, 7) is 3.45. The first-order valence-corrected chi connectivity index (χ1v) is 7.77. The van der Waals surface area contributed by atoms with E-state index in [1.165, 1.54) is 22.4 Å². The van der Waals surface area contributed by atoms with Gasteiger partial charge in [-0.2, -0.15) is 0 Å². The van der Waals surface area contributed by atoms with E-state index in [1.807, 2.05) is 12.3 Å². The molecule has 2 aliphatic rings. The Morgan fingerprint density at radius 3 is 2.64 bits per heavy atom. The van der Waals surface area contributed by atoms with Crippen molar-refractivity contribution < 1.29 is 9.57 Å². The lowest BCUT2D eigenvalue weighted by Crippen LogP contribution is -2.36. The largest absolute Gasteiger partial charge is 0.399 e. The maximum Gasteiger partial charge on any atom is 0.106 e. The van der Waals surface area contributed by atoms with Crippen LogP contribution in [0.25, 0.3) is 6.08 Å². The van der Waals surface area contributed by atoms with Crippen molar-refractivity contribution >= 4 is 12.3 Å². The lowest BCUT2D eigenvalue weighted by Gasteiger charge is -2.31. The van der Waals surface area contributed by atoms with Crippen LogP contribution in [0, 0.1) is 0 Å². The number of rotatable bonds is 4. The first kappa shape index (κ1) is 14.9. The van der Waals surface area contributed by atoms with Crippen molar-refractivity contribution in [2.45, 2.75) is 12.8 Å². The topological polar surface area (TPSA) is 34.1 Å². The van der Waals surface area contributed by atoms with Crippen molar-refractivity contribution in [3.63, 3.8) is 0 Å². The van der Waals surface area contributed by atoms with Gasteiger partial charge in [-0.05, 0) is 35.6 Å². The van der Waals surface area contributed by atoms with Gasteiger partial charge in [0.2, 0.25) is 0 Å². The third kappa shape index (κ3) is 3.39. The lowest BCUT2D eigenvalue weighted by molar-refractivity contribution is 0.0548. The van der Waals surface area contributed by atoms with Gasteiger partial charge in [-0.15, -0.1) is 0 Å². The highest BCUT2D eigenvalue weighted by Gasteiger charge is 2.25. The molecule has 0 saturated carbocycles. The van der Waals surface area contributed by atoms with E-state index in [2.05, 4.69) is 40.4 Å². The Kier molecular flexibility index (Phi) is 4.91. The summed E-state index contributed by atoms with van der Waals surface area (Å²) in [6.07, 6.45) is 6.21. The van der Waals surface area contributed by atoms with Gasteiger partial charge in [0.25, 0.3) is 0 Å². The molecule has 22 heavy (non-hydrogen) atoms. The summed E-state index contributed by atoms with van der Waals surface area (Å²) in [4.78, 5) is 7.28. The summed E-state index contributed by atoms with van der Waals surface area (Å²) in [5.74, 6) is 0. The predicted octanol–water partition coefficient (Wildman–Crippen LogP) is 3.08.